The third-order valence-corrected chi connectivity index (χ3v) is 5.33. The molecule has 130 valence electrons. The summed E-state index contributed by atoms with van der Waals surface area (Å²) >= 11 is 0. The van der Waals surface area contributed by atoms with Crippen molar-refractivity contribution < 1.29 is 9.21 Å². The van der Waals surface area contributed by atoms with Gasteiger partial charge < -0.3 is 14.2 Å². The number of nitrogens with zero attached hydrogens (tertiary/aromatic N) is 6. The number of carbonyl (C=O) groups excluding carboxylic acids is 1. The fourth-order valence-electron chi connectivity index (χ4n) is 3.93. The largest absolute Gasteiger partial charge is 0.432 e. The molecular formula is C18H16N6O2. The zero-order valence-electron chi connectivity index (χ0n) is 14.2. The number of rotatable bonds is 2. The summed E-state index contributed by atoms with van der Waals surface area (Å²) in [6.45, 7) is 3.22. The maximum absolute atomic E-state index is 12.9. The van der Waals surface area contributed by atoms with E-state index in [0.29, 0.717) is 30.3 Å². The second kappa shape index (κ2) is 6.16. The number of hydrogen-bond acceptors (Lipinski definition) is 7. The first kappa shape index (κ1) is 16.1. The summed E-state index contributed by atoms with van der Waals surface area (Å²) < 4.78 is 5.65. The molecule has 0 radical (unpaired) electrons. The maximum Gasteiger partial charge on any atom is 0.310 e. The van der Waals surface area contributed by atoms with Crippen molar-refractivity contribution in [1.29, 1.82) is 10.5 Å². The maximum atomic E-state index is 12.9. The minimum Gasteiger partial charge on any atom is -0.432 e. The molecule has 0 N–H and O–H groups in total. The highest BCUT2D eigenvalue weighted by atomic mass is 16.4. The van der Waals surface area contributed by atoms with Gasteiger partial charge in [-0.1, -0.05) is 0 Å². The van der Waals surface area contributed by atoms with Crippen molar-refractivity contribution in [3.05, 3.63) is 36.1 Å². The van der Waals surface area contributed by atoms with Gasteiger partial charge in [0.2, 0.25) is 0 Å². The minimum absolute atomic E-state index is 0.0126. The molecule has 8 heteroatoms. The molecule has 3 unspecified atom stereocenters. The lowest BCUT2D eigenvalue weighted by molar-refractivity contribution is 0.0692. The highest BCUT2D eigenvalue weighted by Gasteiger charge is 2.48. The lowest BCUT2D eigenvalue weighted by Crippen LogP contribution is -2.39. The topological polar surface area (TPSA) is 110 Å². The summed E-state index contributed by atoms with van der Waals surface area (Å²) in [6.07, 6.45) is 6.07. The van der Waals surface area contributed by atoms with Crippen LogP contribution in [-0.2, 0) is 0 Å². The molecule has 2 aromatic rings. The van der Waals surface area contributed by atoms with Crippen molar-refractivity contribution in [1.82, 2.24) is 19.8 Å². The summed E-state index contributed by atoms with van der Waals surface area (Å²) in [5.41, 5.74) is 0.915. The average Bonchev–Trinajstić information content (AvgIpc) is 3.38. The van der Waals surface area contributed by atoms with Crippen LogP contribution in [0.25, 0.3) is 11.3 Å². The van der Waals surface area contributed by atoms with Gasteiger partial charge in [0.15, 0.2) is 12.0 Å². The standard InChI is InChI=1S/C18H16N6O2/c1-11-14-3-5-24(15(14)9-23(11)10-20)18(25)17-22-8-16(26-17)12-2-4-21-13(6-12)7-19/h2,4,6,8,11,14-15H,3,5,9H2,1H3. The van der Waals surface area contributed by atoms with E-state index in [1.807, 2.05) is 13.0 Å². The van der Waals surface area contributed by atoms with Gasteiger partial charge >= 0.3 is 5.91 Å². The molecule has 3 atom stereocenters. The van der Waals surface area contributed by atoms with Crippen LogP contribution in [0.4, 0.5) is 0 Å². The van der Waals surface area contributed by atoms with Crippen LogP contribution in [0, 0.1) is 28.7 Å². The van der Waals surface area contributed by atoms with Gasteiger partial charge in [-0.25, -0.2) is 9.97 Å². The van der Waals surface area contributed by atoms with Gasteiger partial charge in [0.25, 0.3) is 5.89 Å². The zero-order valence-corrected chi connectivity index (χ0v) is 14.2. The summed E-state index contributed by atoms with van der Waals surface area (Å²) in [4.78, 5) is 24.4. The number of oxazole rings is 1. The fourth-order valence-corrected chi connectivity index (χ4v) is 3.93. The molecule has 2 aromatic heterocycles. The van der Waals surface area contributed by atoms with Crippen LogP contribution in [0.2, 0.25) is 0 Å². The van der Waals surface area contributed by atoms with Crippen LogP contribution in [0.3, 0.4) is 0 Å². The Morgan fingerprint density at radius 3 is 3.00 bits per heavy atom. The average molecular weight is 348 g/mol. The van der Waals surface area contributed by atoms with E-state index >= 15 is 0 Å². The van der Waals surface area contributed by atoms with Crippen molar-refractivity contribution in [3.63, 3.8) is 0 Å². The number of fused-ring (bicyclic) bond motifs is 1. The Kier molecular flexibility index (Phi) is 3.81. The molecule has 8 nitrogen and oxygen atoms in total. The Labute approximate surface area is 150 Å². The molecule has 4 heterocycles. The van der Waals surface area contributed by atoms with E-state index < -0.39 is 0 Å². The van der Waals surface area contributed by atoms with Gasteiger partial charge in [-0.2, -0.15) is 10.5 Å². The van der Waals surface area contributed by atoms with Crippen LogP contribution < -0.4 is 0 Å². The van der Waals surface area contributed by atoms with E-state index in [1.54, 1.807) is 21.9 Å². The normalized spacial score (nSPS) is 24.2. The van der Waals surface area contributed by atoms with Crippen LogP contribution >= 0.6 is 0 Å². The van der Waals surface area contributed by atoms with Gasteiger partial charge in [0, 0.05) is 36.8 Å². The Hall–Kier alpha value is -3.39. The number of nitriles is 2. The molecule has 0 saturated carbocycles. The summed E-state index contributed by atoms with van der Waals surface area (Å²) in [6, 6.07) is 5.41. The number of pyridine rings is 1. The van der Waals surface area contributed by atoms with Crippen LogP contribution in [0.5, 0.6) is 0 Å². The van der Waals surface area contributed by atoms with Crippen molar-refractivity contribution >= 4 is 5.91 Å². The first-order chi connectivity index (χ1) is 12.6. The van der Waals surface area contributed by atoms with Gasteiger partial charge in [-0.3, -0.25) is 4.79 Å². The van der Waals surface area contributed by atoms with Crippen LogP contribution in [-0.4, -0.2) is 50.8 Å². The lowest BCUT2D eigenvalue weighted by Gasteiger charge is -2.22. The van der Waals surface area contributed by atoms with Crippen molar-refractivity contribution in [3.8, 4) is 23.6 Å². The minimum atomic E-state index is -0.259. The fraction of sp³-hybridized carbons (Fsp3) is 0.389. The SMILES string of the molecule is CC1C2CCN(C(=O)c3ncc(-c4ccnc(C#N)c4)o3)C2CN1C#N. The smallest absolute Gasteiger partial charge is 0.310 e. The Balaban J connectivity index is 1.56. The Morgan fingerprint density at radius 1 is 1.38 bits per heavy atom. The van der Waals surface area contributed by atoms with Crippen molar-refractivity contribution in [2.45, 2.75) is 25.4 Å². The zero-order chi connectivity index (χ0) is 18.3. The number of hydrogen-bond donors (Lipinski definition) is 0. The predicted octanol–water partition coefficient (Wildman–Crippen LogP) is 1.62. The summed E-state index contributed by atoms with van der Waals surface area (Å²) in [5, 5.41) is 18.2. The highest BCUT2D eigenvalue weighted by molar-refractivity contribution is 5.90. The molecule has 2 aliphatic rings. The number of aromatic nitrogens is 2. The molecule has 1 amide bonds. The van der Waals surface area contributed by atoms with E-state index in [4.69, 9.17) is 9.68 Å². The molecular weight excluding hydrogens is 332 g/mol. The molecule has 0 spiro atoms. The summed E-state index contributed by atoms with van der Waals surface area (Å²) in [5.74, 6) is 0.484. The van der Waals surface area contributed by atoms with E-state index in [-0.39, 0.29) is 29.6 Å². The van der Waals surface area contributed by atoms with E-state index in [9.17, 15) is 10.1 Å². The molecule has 4 rings (SSSR count). The second-order valence-corrected chi connectivity index (χ2v) is 6.58. The van der Waals surface area contributed by atoms with E-state index in [1.165, 1.54) is 12.4 Å². The third kappa shape index (κ3) is 2.47. The first-order valence-corrected chi connectivity index (χ1v) is 8.42. The molecule has 26 heavy (non-hydrogen) atoms. The molecule has 2 fully saturated rings. The molecule has 2 aliphatic heterocycles. The lowest BCUT2D eigenvalue weighted by atomic mass is 9.98. The molecule has 0 aliphatic carbocycles. The monoisotopic (exact) mass is 348 g/mol. The van der Waals surface area contributed by atoms with Crippen LogP contribution in [0.15, 0.2) is 28.9 Å². The van der Waals surface area contributed by atoms with Gasteiger partial charge in [0.1, 0.15) is 11.8 Å². The molecule has 0 bridgehead atoms. The second-order valence-electron chi connectivity index (χ2n) is 6.58. The number of carbonyl (C=O) groups is 1. The predicted molar refractivity (Wildman–Crippen MR) is 89.2 cm³/mol. The molecule has 0 aromatic carbocycles. The van der Waals surface area contributed by atoms with Crippen LogP contribution in [0.1, 0.15) is 29.7 Å². The molecule has 2 saturated heterocycles. The Morgan fingerprint density at radius 2 is 2.23 bits per heavy atom. The van der Waals surface area contributed by atoms with Gasteiger partial charge in [-0.05, 0) is 25.5 Å². The van der Waals surface area contributed by atoms with Crippen molar-refractivity contribution in [2.24, 2.45) is 5.92 Å². The quantitative estimate of drug-likeness (QED) is 0.758. The van der Waals surface area contributed by atoms with E-state index in [2.05, 4.69) is 16.2 Å². The number of likely N-dealkylation sites (tertiary alicyclic amines) is 2. The highest BCUT2D eigenvalue weighted by Crippen LogP contribution is 2.36. The summed E-state index contributed by atoms with van der Waals surface area (Å²) in [7, 11) is 0. The van der Waals surface area contributed by atoms with E-state index in [0.717, 1.165) is 6.42 Å². The number of amides is 1. The first-order valence-electron chi connectivity index (χ1n) is 8.42. The van der Waals surface area contributed by atoms with Gasteiger partial charge in [-0.15, -0.1) is 0 Å². The third-order valence-electron chi connectivity index (χ3n) is 5.33. The van der Waals surface area contributed by atoms with Crippen molar-refractivity contribution in [2.75, 3.05) is 13.1 Å². The Bertz CT molecular complexity index is 940. The van der Waals surface area contributed by atoms with Gasteiger partial charge in [0.05, 0.1) is 12.2 Å².